The first-order valence-corrected chi connectivity index (χ1v) is 15.1. The van der Waals surface area contributed by atoms with Gasteiger partial charge in [0.15, 0.2) is 11.5 Å². The van der Waals surface area contributed by atoms with Crippen LogP contribution in [0.3, 0.4) is 0 Å². The molecule has 3 atom stereocenters. The fourth-order valence-electron chi connectivity index (χ4n) is 6.68. The molecule has 0 spiro atoms. The molecule has 11 nitrogen and oxygen atoms in total. The first-order chi connectivity index (χ1) is 20.6. The van der Waals surface area contributed by atoms with Crippen molar-refractivity contribution in [3.05, 3.63) is 47.0 Å². The third-order valence-electron chi connectivity index (χ3n) is 8.71. The number of aromatic amines is 1. The molecule has 1 N–H and O–H groups in total. The maximum Gasteiger partial charge on any atom is 0.410 e. The van der Waals surface area contributed by atoms with E-state index in [1.165, 1.54) is 6.20 Å². The highest BCUT2D eigenvalue weighted by molar-refractivity contribution is 5.77. The van der Waals surface area contributed by atoms with Crippen molar-refractivity contribution in [2.24, 2.45) is 0 Å². The summed E-state index contributed by atoms with van der Waals surface area (Å²) in [6.45, 7) is 8.80. The Morgan fingerprint density at radius 3 is 2.67 bits per heavy atom. The van der Waals surface area contributed by atoms with E-state index in [2.05, 4.69) is 21.0 Å². The van der Waals surface area contributed by atoms with Gasteiger partial charge >= 0.3 is 12.1 Å². The molecule has 0 aliphatic carbocycles. The minimum absolute atomic E-state index is 0.0176. The number of hydrogen-bond acceptors (Lipinski definition) is 7. The summed E-state index contributed by atoms with van der Waals surface area (Å²) in [7, 11) is 0. The minimum atomic E-state index is -0.659. The fraction of sp³-hybridized carbons (Fsp3) is 0.548. The normalized spacial score (nSPS) is 23.9. The first-order valence-electron chi connectivity index (χ1n) is 15.1. The molecule has 6 heterocycles. The molecule has 3 amide bonds. The van der Waals surface area contributed by atoms with Crippen LogP contribution in [0, 0.1) is 5.82 Å². The lowest BCUT2D eigenvalue weighted by Crippen LogP contribution is -2.52. The number of nitrogens with one attached hydrogen (secondary N) is 1. The number of morpholine rings is 2. The second kappa shape index (κ2) is 10.7. The topological polar surface area (TPSA) is 113 Å². The van der Waals surface area contributed by atoms with E-state index in [0.29, 0.717) is 57.1 Å². The molecule has 4 aliphatic rings. The van der Waals surface area contributed by atoms with Crippen molar-refractivity contribution in [1.82, 2.24) is 29.7 Å². The molecule has 43 heavy (non-hydrogen) atoms. The lowest BCUT2D eigenvalue weighted by Gasteiger charge is -2.41. The van der Waals surface area contributed by atoms with Crippen molar-refractivity contribution in [3.63, 3.8) is 0 Å². The smallest absolute Gasteiger partial charge is 0.410 e. The van der Waals surface area contributed by atoms with Crippen molar-refractivity contribution >= 4 is 23.3 Å². The maximum atomic E-state index is 14.4. The number of H-pyrrole nitrogens is 1. The van der Waals surface area contributed by atoms with Gasteiger partial charge in [-0.05, 0) is 68.9 Å². The van der Waals surface area contributed by atoms with Crippen LogP contribution >= 0.6 is 0 Å². The molecule has 3 saturated heterocycles. The average Bonchev–Trinajstić information content (AvgIpc) is 3.54. The van der Waals surface area contributed by atoms with Gasteiger partial charge in [-0.3, -0.25) is 4.90 Å². The maximum absolute atomic E-state index is 14.4. The van der Waals surface area contributed by atoms with Crippen LogP contribution in [-0.2, 0) is 27.2 Å². The zero-order valence-corrected chi connectivity index (χ0v) is 24.8. The van der Waals surface area contributed by atoms with E-state index in [1.807, 2.05) is 36.6 Å². The molecule has 7 rings (SSSR count). The summed E-state index contributed by atoms with van der Waals surface area (Å²) >= 11 is 0. The van der Waals surface area contributed by atoms with Gasteiger partial charge in [-0.1, -0.05) is 0 Å². The van der Waals surface area contributed by atoms with E-state index in [-0.39, 0.29) is 30.4 Å². The summed E-state index contributed by atoms with van der Waals surface area (Å²) in [4.78, 5) is 44.5. The SMILES string of the molecule is CC(C)(C)OC(=O)N1CCOC[C@H]1c1cc(-c2cnc3[nH]cc(F)c3n2)cc2c1CN(C(=O)N1CC3CCC(C1)O3)CC2. The standard InChI is InChI=1S/C31H37FN6O5/c1-31(2,3)43-30(40)38-8-9-41-17-26(38)22-11-19(25-13-34-28-27(35-25)24(32)12-33-28)10-18-6-7-36(16-23(18)22)29(39)37-14-20-4-5-21(15-37)42-20/h10-13,20-21,26H,4-9,14-17H2,1-3H3,(H,33,34)/t20?,21?,26-/m0/s1. The number of fused-ring (bicyclic) bond motifs is 4. The monoisotopic (exact) mass is 592 g/mol. The number of carbonyl (C=O) groups is 2. The van der Waals surface area contributed by atoms with E-state index in [4.69, 9.17) is 14.2 Å². The zero-order chi connectivity index (χ0) is 29.9. The van der Waals surface area contributed by atoms with Crippen molar-refractivity contribution < 1.29 is 28.2 Å². The molecular formula is C31H37FN6O5. The van der Waals surface area contributed by atoms with Gasteiger partial charge < -0.3 is 29.0 Å². The van der Waals surface area contributed by atoms with Crippen LogP contribution < -0.4 is 0 Å². The van der Waals surface area contributed by atoms with Crippen LogP contribution in [0.15, 0.2) is 24.5 Å². The Balaban J connectivity index is 1.27. The quantitative estimate of drug-likeness (QED) is 0.469. The van der Waals surface area contributed by atoms with Crippen molar-refractivity contribution in [2.45, 2.75) is 70.4 Å². The molecule has 2 aromatic heterocycles. The predicted molar refractivity (Wildman–Crippen MR) is 155 cm³/mol. The molecule has 1 aromatic carbocycles. The highest BCUT2D eigenvalue weighted by Crippen LogP contribution is 2.37. The highest BCUT2D eigenvalue weighted by atomic mass is 19.1. The van der Waals surface area contributed by atoms with Crippen LogP contribution in [0.1, 0.15) is 56.3 Å². The molecule has 0 saturated carbocycles. The Bertz CT molecular complexity index is 1560. The molecule has 4 aliphatic heterocycles. The number of amides is 3. The lowest BCUT2D eigenvalue weighted by molar-refractivity contribution is -0.0337. The molecule has 2 unspecified atom stereocenters. The van der Waals surface area contributed by atoms with Crippen LogP contribution in [0.25, 0.3) is 22.4 Å². The van der Waals surface area contributed by atoms with E-state index < -0.39 is 23.6 Å². The number of likely N-dealkylation sites (tertiary alicyclic amines) is 1. The third kappa shape index (κ3) is 5.42. The number of aromatic nitrogens is 3. The van der Waals surface area contributed by atoms with Crippen molar-refractivity contribution in [2.75, 3.05) is 39.4 Å². The van der Waals surface area contributed by atoms with Crippen LogP contribution in [0.4, 0.5) is 14.0 Å². The minimum Gasteiger partial charge on any atom is -0.444 e. The Morgan fingerprint density at radius 2 is 1.91 bits per heavy atom. The Kier molecular flexibility index (Phi) is 7.00. The fourth-order valence-corrected chi connectivity index (χ4v) is 6.68. The Morgan fingerprint density at radius 1 is 1.12 bits per heavy atom. The molecule has 3 fully saturated rings. The van der Waals surface area contributed by atoms with Crippen LogP contribution in [0.2, 0.25) is 0 Å². The van der Waals surface area contributed by atoms with E-state index >= 15 is 0 Å². The van der Waals surface area contributed by atoms with E-state index in [0.717, 1.165) is 35.1 Å². The number of nitrogens with zero attached hydrogens (tertiary/aromatic N) is 5. The number of benzene rings is 1. The Hall–Kier alpha value is -3.77. The summed E-state index contributed by atoms with van der Waals surface area (Å²) in [5.41, 5.74) is 4.10. The number of urea groups is 1. The second-order valence-electron chi connectivity index (χ2n) is 12.9. The molecule has 0 radical (unpaired) electrons. The summed E-state index contributed by atoms with van der Waals surface area (Å²) in [5, 5.41) is 0. The number of rotatable bonds is 2. The van der Waals surface area contributed by atoms with Crippen molar-refractivity contribution in [3.8, 4) is 11.3 Å². The first kappa shape index (κ1) is 28.0. The average molecular weight is 593 g/mol. The van der Waals surface area contributed by atoms with Gasteiger partial charge in [0.1, 0.15) is 11.1 Å². The summed E-state index contributed by atoms with van der Waals surface area (Å²) in [5.74, 6) is -0.468. The number of ether oxygens (including phenoxy) is 3. The van der Waals surface area contributed by atoms with Gasteiger partial charge in [0, 0.05) is 44.5 Å². The summed E-state index contributed by atoms with van der Waals surface area (Å²) in [6, 6.07) is 3.62. The highest BCUT2D eigenvalue weighted by Gasteiger charge is 2.39. The van der Waals surface area contributed by atoms with Crippen LogP contribution in [-0.4, -0.2) is 99.0 Å². The van der Waals surface area contributed by atoms with Gasteiger partial charge in [0.25, 0.3) is 0 Å². The van der Waals surface area contributed by atoms with Gasteiger partial charge in [0.2, 0.25) is 0 Å². The van der Waals surface area contributed by atoms with Gasteiger partial charge in [-0.2, -0.15) is 0 Å². The third-order valence-corrected chi connectivity index (χ3v) is 8.71. The molecule has 228 valence electrons. The van der Waals surface area contributed by atoms with E-state index in [1.54, 1.807) is 11.1 Å². The molecular weight excluding hydrogens is 555 g/mol. The number of carbonyl (C=O) groups excluding carboxylic acids is 2. The molecule has 2 bridgehead atoms. The summed E-state index contributed by atoms with van der Waals surface area (Å²) < 4.78 is 32.1. The largest absolute Gasteiger partial charge is 0.444 e. The molecule has 3 aromatic rings. The van der Waals surface area contributed by atoms with E-state index in [9.17, 15) is 14.0 Å². The lowest BCUT2D eigenvalue weighted by atomic mass is 9.87. The van der Waals surface area contributed by atoms with Crippen LogP contribution in [0.5, 0.6) is 0 Å². The number of hydrogen-bond donors (Lipinski definition) is 1. The Labute approximate surface area is 249 Å². The zero-order valence-electron chi connectivity index (χ0n) is 24.8. The van der Waals surface area contributed by atoms with Crippen molar-refractivity contribution in [1.29, 1.82) is 0 Å². The summed E-state index contributed by atoms with van der Waals surface area (Å²) in [6.07, 6.45) is 5.30. The second-order valence-corrected chi connectivity index (χ2v) is 12.9. The van der Waals surface area contributed by atoms with Gasteiger partial charge in [-0.25, -0.2) is 23.9 Å². The van der Waals surface area contributed by atoms with Gasteiger partial charge in [-0.15, -0.1) is 0 Å². The number of halogens is 1. The predicted octanol–water partition coefficient (Wildman–Crippen LogP) is 4.41. The van der Waals surface area contributed by atoms with Gasteiger partial charge in [0.05, 0.1) is 43.4 Å². The molecule has 12 heteroatoms.